The number of amides is 1. The van der Waals surface area contributed by atoms with Gasteiger partial charge in [-0.15, -0.1) is 0 Å². The van der Waals surface area contributed by atoms with E-state index in [2.05, 4.69) is 9.80 Å². The van der Waals surface area contributed by atoms with E-state index in [9.17, 15) is 9.35 Å². The van der Waals surface area contributed by atoms with Crippen molar-refractivity contribution in [2.24, 2.45) is 0 Å². The van der Waals surface area contributed by atoms with Crippen LogP contribution >= 0.6 is 46.4 Å². The van der Waals surface area contributed by atoms with Gasteiger partial charge >= 0.3 is 0 Å². The summed E-state index contributed by atoms with van der Waals surface area (Å²) < 4.78 is 11.6. The highest BCUT2D eigenvalue weighted by Gasteiger charge is 2.34. The Labute approximate surface area is 230 Å². The number of hydrogen-bond acceptors (Lipinski definition) is 4. The van der Waals surface area contributed by atoms with Crippen molar-refractivity contribution >= 4 is 63.5 Å². The Hall–Kier alpha value is -0.700. The molecule has 0 aromatic heterocycles. The molecule has 2 aromatic carbocycles. The molecule has 2 fully saturated rings. The van der Waals surface area contributed by atoms with Gasteiger partial charge in [-0.3, -0.25) is 9.69 Å². The van der Waals surface area contributed by atoms with Gasteiger partial charge in [-0.25, -0.2) is 0 Å². The first-order chi connectivity index (χ1) is 16.7. The highest BCUT2D eigenvalue weighted by molar-refractivity contribution is 7.91. The molecule has 0 N–H and O–H groups in total. The van der Waals surface area contributed by atoms with Crippen LogP contribution in [-0.4, -0.2) is 89.0 Å². The highest BCUT2D eigenvalue weighted by atomic mass is 35.5. The molecule has 2 aromatic rings. The monoisotopic (exact) mass is 575 g/mol. The molecule has 0 radical (unpaired) electrons. The zero-order valence-electron chi connectivity index (χ0n) is 19.6. The molecule has 10 heteroatoms. The van der Waals surface area contributed by atoms with Crippen LogP contribution in [0.5, 0.6) is 0 Å². The zero-order valence-corrected chi connectivity index (χ0v) is 23.4. The predicted molar refractivity (Wildman–Crippen MR) is 147 cm³/mol. The molecule has 35 heavy (non-hydrogen) atoms. The minimum atomic E-state index is -0.647. The molecule has 4 rings (SSSR count). The number of benzene rings is 2. The Balaban J connectivity index is 1.39. The van der Waals surface area contributed by atoms with Crippen molar-refractivity contribution in [3.63, 3.8) is 0 Å². The van der Waals surface area contributed by atoms with Gasteiger partial charge in [-0.05, 0) is 48.9 Å². The van der Waals surface area contributed by atoms with Crippen LogP contribution in [0.3, 0.4) is 0 Å². The molecule has 1 atom stereocenters. The summed E-state index contributed by atoms with van der Waals surface area (Å²) in [6, 6.07) is 11.1. The van der Waals surface area contributed by atoms with Crippen LogP contribution in [0, 0.1) is 0 Å². The third-order valence-electron chi connectivity index (χ3n) is 6.83. The van der Waals surface area contributed by atoms with Gasteiger partial charge in [-0.1, -0.05) is 63.6 Å². The first-order valence-corrected chi connectivity index (χ1v) is 14.7. The summed E-state index contributed by atoms with van der Waals surface area (Å²) in [6.45, 7) is 5.35. The van der Waals surface area contributed by atoms with Gasteiger partial charge < -0.3 is 14.4 Å². The van der Waals surface area contributed by atoms with Gasteiger partial charge in [0.25, 0.3) is 5.91 Å². The smallest absolute Gasteiger partial charge is 0.253 e. The fraction of sp³-hybridized carbons (Fsp3) is 0.480. The van der Waals surface area contributed by atoms with Gasteiger partial charge in [0.05, 0.1) is 10.0 Å². The molecular formula is C25H29Cl4N3O2S. The minimum Gasteiger partial charge on any atom is -0.616 e. The Morgan fingerprint density at radius 2 is 1.71 bits per heavy atom. The van der Waals surface area contributed by atoms with Crippen molar-refractivity contribution in [1.29, 1.82) is 0 Å². The lowest BCUT2D eigenvalue weighted by molar-refractivity contribution is 0.0363. The van der Waals surface area contributed by atoms with Crippen LogP contribution in [0.4, 0.5) is 0 Å². The average Bonchev–Trinajstić information content (AvgIpc) is 2.79. The third-order valence-corrected chi connectivity index (χ3v) is 9.28. The Morgan fingerprint density at radius 1 is 1.06 bits per heavy atom. The first-order valence-electron chi connectivity index (χ1n) is 11.7. The van der Waals surface area contributed by atoms with Crippen LogP contribution in [0.15, 0.2) is 36.4 Å². The molecule has 0 spiro atoms. The van der Waals surface area contributed by atoms with Gasteiger partial charge in [0.1, 0.15) is 11.5 Å². The summed E-state index contributed by atoms with van der Waals surface area (Å²) in [4.78, 5) is 19.7. The van der Waals surface area contributed by atoms with Crippen LogP contribution in [0.25, 0.3) is 0 Å². The summed E-state index contributed by atoms with van der Waals surface area (Å²) in [5, 5.41) is 1.89. The molecule has 0 bridgehead atoms. The number of hydrogen-bond donors (Lipinski definition) is 0. The van der Waals surface area contributed by atoms with Gasteiger partial charge in [0.2, 0.25) is 0 Å². The van der Waals surface area contributed by atoms with Gasteiger partial charge in [0, 0.05) is 67.3 Å². The average molecular weight is 577 g/mol. The maximum Gasteiger partial charge on any atom is 0.253 e. The van der Waals surface area contributed by atoms with E-state index in [1.54, 1.807) is 30.1 Å². The predicted octanol–water partition coefficient (Wildman–Crippen LogP) is 5.29. The van der Waals surface area contributed by atoms with Crippen molar-refractivity contribution in [2.45, 2.75) is 18.4 Å². The van der Waals surface area contributed by atoms with E-state index in [0.29, 0.717) is 38.2 Å². The molecule has 2 aliphatic heterocycles. The number of rotatable bonds is 8. The second-order valence-electron chi connectivity index (χ2n) is 9.30. The molecular weight excluding hydrogens is 548 g/mol. The van der Waals surface area contributed by atoms with E-state index >= 15 is 0 Å². The van der Waals surface area contributed by atoms with Crippen molar-refractivity contribution in [1.82, 2.24) is 14.7 Å². The number of carbonyl (C=O) groups excluding carboxylic acids is 1. The van der Waals surface area contributed by atoms with Crippen LogP contribution in [0.2, 0.25) is 20.1 Å². The second-order valence-corrected chi connectivity index (χ2v) is 12.7. The van der Waals surface area contributed by atoms with E-state index in [1.807, 2.05) is 18.2 Å². The van der Waals surface area contributed by atoms with Crippen molar-refractivity contribution < 1.29 is 9.35 Å². The Bertz CT molecular complexity index is 1030. The number of likely N-dealkylation sites (N-methyl/N-ethyl adjacent to an activating group) is 1. The molecule has 5 nitrogen and oxygen atoms in total. The lowest BCUT2D eigenvalue weighted by Crippen LogP contribution is -2.62. The maximum absolute atomic E-state index is 13.1. The molecule has 190 valence electrons. The number of likely N-dealkylation sites (tertiary alicyclic amines) is 1. The minimum absolute atomic E-state index is 0.0878. The zero-order chi connectivity index (χ0) is 25.1. The van der Waals surface area contributed by atoms with E-state index in [4.69, 9.17) is 46.4 Å². The van der Waals surface area contributed by atoms with Crippen LogP contribution in [-0.2, 0) is 11.2 Å². The molecule has 1 amide bonds. The Kier molecular flexibility index (Phi) is 9.55. The molecule has 0 saturated carbocycles. The quantitative estimate of drug-likeness (QED) is 0.400. The normalized spacial score (nSPS) is 18.9. The van der Waals surface area contributed by atoms with Crippen molar-refractivity contribution in [3.8, 4) is 0 Å². The third kappa shape index (κ3) is 7.20. The standard InChI is InChI=1S/C25H29Cl4N3O2S/c1-30(25(33)19-10-20(26)13-21(27)11-19)14-18(17-2-3-23(28)24(29)12-17)4-5-31-15-22(16-31)32-6-8-35(34)9-7-32/h2-3,10-13,18,22H,4-9,14-16H2,1H3/t18-/m1/s1. The number of carbonyl (C=O) groups is 1. The Morgan fingerprint density at radius 3 is 2.34 bits per heavy atom. The summed E-state index contributed by atoms with van der Waals surface area (Å²) in [5.74, 6) is 1.53. The van der Waals surface area contributed by atoms with Gasteiger partial charge in [0.15, 0.2) is 0 Å². The SMILES string of the molecule is CN(C[C@@H](CCN1CC(N2CC[S+]([O-])CC2)C1)c1ccc(Cl)c(Cl)c1)C(=O)c1cc(Cl)cc(Cl)c1. The highest BCUT2D eigenvalue weighted by Crippen LogP contribution is 2.30. The van der Waals surface area contributed by atoms with E-state index in [-0.39, 0.29) is 11.8 Å². The molecule has 2 saturated heterocycles. The van der Waals surface area contributed by atoms with E-state index in [1.165, 1.54) is 0 Å². The maximum atomic E-state index is 13.1. The first kappa shape index (κ1) is 27.3. The van der Waals surface area contributed by atoms with Crippen LogP contribution < -0.4 is 0 Å². The largest absolute Gasteiger partial charge is 0.616 e. The number of halogens is 4. The van der Waals surface area contributed by atoms with E-state index in [0.717, 1.165) is 56.2 Å². The lowest BCUT2D eigenvalue weighted by atomic mass is 9.93. The summed E-state index contributed by atoms with van der Waals surface area (Å²) in [5.41, 5.74) is 1.52. The fourth-order valence-corrected chi connectivity index (χ4v) is 6.67. The lowest BCUT2D eigenvalue weighted by Gasteiger charge is -2.47. The van der Waals surface area contributed by atoms with E-state index < -0.39 is 11.2 Å². The van der Waals surface area contributed by atoms with Crippen LogP contribution in [0.1, 0.15) is 28.3 Å². The topological polar surface area (TPSA) is 49.9 Å². The van der Waals surface area contributed by atoms with Crippen molar-refractivity contribution in [2.75, 3.05) is 57.8 Å². The fourth-order valence-electron chi connectivity index (χ4n) is 4.75. The van der Waals surface area contributed by atoms with Gasteiger partial charge in [-0.2, -0.15) is 0 Å². The molecule has 0 aliphatic carbocycles. The summed E-state index contributed by atoms with van der Waals surface area (Å²) >= 11 is 24.0. The molecule has 0 unspecified atom stereocenters. The summed E-state index contributed by atoms with van der Waals surface area (Å²) in [7, 11) is 1.79. The number of nitrogens with zero attached hydrogens (tertiary/aromatic N) is 3. The second kappa shape index (κ2) is 12.2. The van der Waals surface area contributed by atoms with Crippen molar-refractivity contribution in [3.05, 3.63) is 67.6 Å². The summed E-state index contributed by atoms with van der Waals surface area (Å²) in [6.07, 6.45) is 0.878. The molecule has 2 heterocycles. The molecule has 2 aliphatic rings.